The fraction of sp³-hybridized carbons (Fsp3) is 0. The molecule has 2 aromatic carbocycles. The fourth-order valence-corrected chi connectivity index (χ4v) is 2.40. The third kappa shape index (κ3) is 2.53. The van der Waals surface area contributed by atoms with Crippen LogP contribution < -0.4 is 0 Å². The Hall–Kier alpha value is -1.03. The summed E-state index contributed by atoms with van der Waals surface area (Å²) in [5.41, 5.74) is 1.32. The Labute approximate surface area is 122 Å². The lowest BCUT2D eigenvalue weighted by Crippen LogP contribution is -1.99. The van der Waals surface area contributed by atoms with Gasteiger partial charge >= 0.3 is 5.97 Å². The van der Waals surface area contributed by atoms with Crippen LogP contribution in [-0.2, 0) is 0 Å². The van der Waals surface area contributed by atoms with Crippen molar-refractivity contribution in [2.45, 2.75) is 0 Å². The first-order chi connectivity index (χ1) is 8.50. The van der Waals surface area contributed by atoms with Crippen molar-refractivity contribution in [1.29, 1.82) is 0 Å². The minimum atomic E-state index is -1.01. The average molecular weight is 346 g/mol. The SMILES string of the molecule is O=C(O)c1cc(Br)ccc1-c1cccc(Cl)c1Cl. The molecule has 0 amide bonds. The van der Waals surface area contributed by atoms with E-state index in [1.807, 2.05) is 0 Å². The molecule has 0 atom stereocenters. The molecule has 0 aliphatic carbocycles. The molecule has 2 rings (SSSR count). The average Bonchev–Trinajstić information content (AvgIpc) is 2.33. The first-order valence-corrected chi connectivity index (χ1v) is 6.53. The van der Waals surface area contributed by atoms with Crippen molar-refractivity contribution in [2.75, 3.05) is 0 Å². The monoisotopic (exact) mass is 344 g/mol. The quantitative estimate of drug-likeness (QED) is 0.820. The number of benzene rings is 2. The lowest BCUT2D eigenvalue weighted by atomic mass is 10.00. The van der Waals surface area contributed by atoms with Crippen LogP contribution in [0, 0.1) is 0 Å². The summed E-state index contributed by atoms with van der Waals surface area (Å²) >= 11 is 15.3. The van der Waals surface area contributed by atoms with E-state index in [9.17, 15) is 9.90 Å². The zero-order valence-electron chi connectivity index (χ0n) is 8.95. The number of rotatable bonds is 2. The third-order valence-corrected chi connectivity index (χ3v) is 3.77. The second-order valence-corrected chi connectivity index (χ2v) is 5.30. The molecule has 5 heteroatoms. The van der Waals surface area contributed by atoms with Gasteiger partial charge < -0.3 is 5.11 Å². The van der Waals surface area contributed by atoms with Gasteiger partial charge in [0.15, 0.2) is 0 Å². The number of carboxylic acid groups (broad SMARTS) is 1. The molecule has 1 N–H and O–H groups in total. The summed E-state index contributed by atoms with van der Waals surface area (Å²) in [7, 11) is 0. The summed E-state index contributed by atoms with van der Waals surface area (Å²) in [4.78, 5) is 11.2. The van der Waals surface area contributed by atoms with Gasteiger partial charge in [0.05, 0.1) is 15.6 Å². The van der Waals surface area contributed by atoms with Crippen LogP contribution in [0.4, 0.5) is 0 Å². The maximum Gasteiger partial charge on any atom is 0.336 e. The summed E-state index contributed by atoms with van der Waals surface area (Å²) in [5, 5.41) is 9.96. The molecule has 92 valence electrons. The molecule has 0 aliphatic rings. The van der Waals surface area contributed by atoms with Crippen molar-refractivity contribution in [3.8, 4) is 11.1 Å². The molecule has 0 fully saturated rings. The highest BCUT2D eigenvalue weighted by molar-refractivity contribution is 9.10. The molecule has 0 unspecified atom stereocenters. The van der Waals surface area contributed by atoms with Crippen molar-refractivity contribution >= 4 is 45.1 Å². The van der Waals surface area contributed by atoms with Crippen LogP contribution in [-0.4, -0.2) is 11.1 Å². The van der Waals surface area contributed by atoms with Crippen molar-refractivity contribution in [3.63, 3.8) is 0 Å². The van der Waals surface area contributed by atoms with Crippen LogP contribution in [0.2, 0.25) is 10.0 Å². The van der Waals surface area contributed by atoms with E-state index in [2.05, 4.69) is 15.9 Å². The van der Waals surface area contributed by atoms with Crippen LogP contribution >= 0.6 is 39.1 Å². The van der Waals surface area contributed by atoms with Gasteiger partial charge in [0.1, 0.15) is 0 Å². The summed E-state index contributed by atoms with van der Waals surface area (Å²) in [6, 6.07) is 10.1. The molecule has 2 nitrogen and oxygen atoms in total. The van der Waals surface area contributed by atoms with E-state index in [4.69, 9.17) is 23.2 Å². The summed E-state index contributed by atoms with van der Waals surface area (Å²) in [6.45, 7) is 0. The van der Waals surface area contributed by atoms with E-state index in [-0.39, 0.29) is 5.56 Å². The molecule has 0 radical (unpaired) electrons. The van der Waals surface area contributed by atoms with Gasteiger partial charge in [0.2, 0.25) is 0 Å². The minimum Gasteiger partial charge on any atom is -0.478 e. The maximum absolute atomic E-state index is 11.2. The van der Waals surface area contributed by atoms with Crippen LogP contribution in [0.25, 0.3) is 11.1 Å². The fourth-order valence-electron chi connectivity index (χ4n) is 1.64. The van der Waals surface area contributed by atoms with E-state index < -0.39 is 5.97 Å². The Balaban J connectivity index is 2.71. The van der Waals surface area contributed by atoms with E-state index in [1.165, 1.54) is 6.07 Å². The van der Waals surface area contributed by atoms with Gasteiger partial charge in [0, 0.05) is 10.0 Å². The normalized spacial score (nSPS) is 10.4. The van der Waals surface area contributed by atoms with Gasteiger partial charge in [-0.3, -0.25) is 0 Å². The van der Waals surface area contributed by atoms with Crippen LogP contribution in [0.15, 0.2) is 40.9 Å². The van der Waals surface area contributed by atoms with Gasteiger partial charge in [-0.1, -0.05) is 57.3 Å². The highest BCUT2D eigenvalue weighted by atomic mass is 79.9. The predicted molar refractivity (Wildman–Crippen MR) is 76.6 cm³/mol. The van der Waals surface area contributed by atoms with Gasteiger partial charge in [-0.05, 0) is 23.8 Å². The van der Waals surface area contributed by atoms with E-state index >= 15 is 0 Å². The van der Waals surface area contributed by atoms with Gasteiger partial charge in [0.25, 0.3) is 0 Å². The zero-order chi connectivity index (χ0) is 13.3. The van der Waals surface area contributed by atoms with Crippen LogP contribution in [0.5, 0.6) is 0 Å². The second kappa shape index (κ2) is 5.31. The first kappa shape index (κ1) is 13.4. The smallest absolute Gasteiger partial charge is 0.336 e. The highest BCUT2D eigenvalue weighted by Crippen LogP contribution is 2.36. The summed E-state index contributed by atoms with van der Waals surface area (Å²) in [6.07, 6.45) is 0. The Morgan fingerprint density at radius 2 is 1.83 bits per heavy atom. The number of halogens is 3. The first-order valence-electron chi connectivity index (χ1n) is 4.98. The molecule has 0 saturated heterocycles. The summed E-state index contributed by atoms with van der Waals surface area (Å²) in [5.74, 6) is -1.01. The van der Waals surface area contributed by atoms with Crippen LogP contribution in [0.3, 0.4) is 0 Å². The van der Waals surface area contributed by atoms with Crippen molar-refractivity contribution in [3.05, 3.63) is 56.5 Å². The molecule has 0 aromatic heterocycles. The predicted octanol–water partition coefficient (Wildman–Crippen LogP) is 5.12. The standard InChI is InChI=1S/C13H7BrCl2O2/c14-7-4-5-8(10(6-7)13(17)18)9-2-1-3-11(15)12(9)16/h1-6H,(H,17,18). The van der Waals surface area contributed by atoms with Gasteiger partial charge in [-0.2, -0.15) is 0 Å². The Morgan fingerprint density at radius 3 is 2.50 bits per heavy atom. The van der Waals surface area contributed by atoms with E-state index in [0.29, 0.717) is 25.6 Å². The zero-order valence-corrected chi connectivity index (χ0v) is 12.1. The molecule has 0 saturated carbocycles. The van der Waals surface area contributed by atoms with Crippen molar-refractivity contribution in [2.24, 2.45) is 0 Å². The van der Waals surface area contributed by atoms with Crippen LogP contribution in [0.1, 0.15) is 10.4 Å². The third-order valence-electron chi connectivity index (χ3n) is 2.45. The van der Waals surface area contributed by atoms with Gasteiger partial charge in [-0.15, -0.1) is 0 Å². The number of carbonyl (C=O) groups is 1. The van der Waals surface area contributed by atoms with Gasteiger partial charge in [-0.25, -0.2) is 4.79 Å². The maximum atomic E-state index is 11.2. The highest BCUT2D eigenvalue weighted by Gasteiger charge is 2.15. The topological polar surface area (TPSA) is 37.3 Å². The van der Waals surface area contributed by atoms with E-state index in [1.54, 1.807) is 30.3 Å². The van der Waals surface area contributed by atoms with Crippen molar-refractivity contribution in [1.82, 2.24) is 0 Å². The Morgan fingerprint density at radius 1 is 1.11 bits per heavy atom. The molecule has 0 heterocycles. The number of aromatic carboxylic acids is 1. The number of hydrogen-bond donors (Lipinski definition) is 1. The largest absolute Gasteiger partial charge is 0.478 e. The number of carboxylic acids is 1. The van der Waals surface area contributed by atoms with E-state index in [0.717, 1.165) is 0 Å². The summed E-state index contributed by atoms with van der Waals surface area (Å²) < 4.78 is 0.696. The lowest BCUT2D eigenvalue weighted by Gasteiger charge is -2.09. The molecule has 18 heavy (non-hydrogen) atoms. The molecule has 0 aliphatic heterocycles. The minimum absolute atomic E-state index is 0.175. The second-order valence-electron chi connectivity index (χ2n) is 3.60. The molecular formula is C13H7BrCl2O2. The molecule has 0 bridgehead atoms. The molecular weight excluding hydrogens is 339 g/mol. The van der Waals surface area contributed by atoms with Crippen molar-refractivity contribution < 1.29 is 9.90 Å². The number of hydrogen-bond acceptors (Lipinski definition) is 1. The molecule has 0 spiro atoms. The Kier molecular flexibility index (Phi) is 3.95. The lowest BCUT2D eigenvalue weighted by molar-refractivity contribution is 0.0697. The Bertz CT molecular complexity index is 626. The molecule has 2 aromatic rings.